The van der Waals surface area contributed by atoms with Crippen LogP contribution in [0, 0.1) is 5.92 Å². The number of azo groups is 1. The van der Waals surface area contributed by atoms with E-state index in [1.54, 1.807) is 0 Å². The van der Waals surface area contributed by atoms with Crippen LogP contribution in [0.5, 0.6) is 0 Å². The molecule has 1 aromatic carbocycles. The summed E-state index contributed by atoms with van der Waals surface area (Å²) in [5.74, 6) is 0.338. The van der Waals surface area contributed by atoms with Crippen LogP contribution in [0.25, 0.3) is 0 Å². The van der Waals surface area contributed by atoms with Gasteiger partial charge in [0.2, 0.25) is 20.0 Å². The molecule has 0 radical (unpaired) electrons. The number of aliphatic imine (C=N–C) groups is 1. The third-order valence-electron chi connectivity index (χ3n) is 5.65. The number of amidine groups is 1. The highest BCUT2D eigenvalue weighted by molar-refractivity contribution is 7.92. The zero-order chi connectivity index (χ0) is 24.2. The summed E-state index contributed by atoms with van der Waals surface area (Å²) < 4.78 is 53.6. The van der Waals surface area contributed by atoms with Crippen molar-refractivity contribution in [3.8, 4) is 0 Å². The predicted molar refractivity (Wildman–Crippen MR) is 123 cm³/mol. The molecule has 0 spiro atoms. The summed E-state index contributed by atoms with van der Waals surface area (Å²) >= 11 is 0. The van der Waals surface area contributed by atoms with E-state index in [1.165, 1.54) is 12.1 Å². The van der Waals surface area contributed by atoms with Gasteiger partial charge in [0.25, 0.3) is 0 Å². The molecule has 1 unspecified atom stereocenters. The van der Waals surface area contributed by atoms with E-state index in [0.29, 0.717) is 31.2 Å². The number of primary sulfonamides is 1. The Morgan fingerprint density at radius 3 is 2.55 bits per heavy atom. The van der Waals surface area contributed by atoms with Gasteiger partial charge >= 0.3 is 0 Å². The van der Waals surface area contributed by atoms with Gasteiger partial charge in [-0.3, -0.25) is 0 Å². The zero-order valence-electron chi connectivity index (χ0n) is 18.1. The van der Waals surface area contributed by atoms with Crippen LogP contribution in [0.15, 0.2) is 37.1 Å². The van der Waals surface area contributed by atoms with Gasteiger partial charge in [-0.2, -0.15) is 5.11 Å². The van der Waals surface area contributed by atoms with Crippen LogP contribution in [0.4, 0.5) is 5.69 Å². The number of hydrogen-bond acceptors (Lipinski definition) is 11. The van der Waals surface area contributed by atoms with Crippen LogP contribution in [0.2, 0.25) is 0 Å². The first-order valence-corrected chi connectivity index (χ1v) is 13.6. The van der Waals surface area contributed by atoms with Gasteiger partial charge in [0.15, 0.2) is 12.5 Å². The fourth-order valence-corrected chi connectivity index (χ4v) is 6.56. The maximum Gasteiger partial charge on any atom is 0.242 e. The number of rotatable bonds is 9. The van der Waals surface area contributed by atoms with E-state index < -0.39 is 42.5 Å². The molecule has 0 aliphatic carbocycles. The molecular weight excluding hydrogens is 472 g/mol. The van der Waals surface area contributed by atoms with E-state index in [0.717, 1.165) is 19.3 Å². The summed E-state index contributed by atoms with van der Waals surface area (Å²) in [6.07, 6.45) is 1.42. The average Bonchev–Trinajstić information content (AvgIpc) is 3.20. The van der Waals surface area contributed by atoms with Crippen LogP contribution in [-0.4, -0.2) is 73.3 Å². The molecule has 2 atom stereocenters. The maximum absolute atomic E-state index is 13.0. The fourth-order valence-electron chi connectivity index (χ4n) is 3.89. The second-order valence-electron chi connectivity index (χ2n) is 7.96. The van der Waals surface area contributed by atoms with Crippen molar-refractivity contribution < 1.29 is 21.9 Å². The third-order valence-corrected chi connectivity index (χ3v) is 8.24. The van der Waals surface area contributed by atoms with Crippen LogP contribution in [0.1, 0.15) is 24.8 Å². The molecule has 0 aromatic heterocycles. The van der Waals surface area contributed by atoms with Crippen LogP contribution in [-0.2, 0) is 20.0 Å². The molecule has 15 heteroatoms. The molecular formula is C18H30N8O5S2. The molecule has 0 bridgehead atoms. The Balaban J connectivity index is 2.18. The lowest BCUT2D eigenvalue weighted by molar-refractivity contribution is 0.186. The average molecular weight is 503 g/mol. The fraction of sp³-hybridized carbons (Fsp3) is 0.611. The van der Waals surface area contributed by atoms with Crippen LogP contribution < -0.4 is 26.2 Å². The molecule has 0 amide bonds. The van der Waals surface area contributed by atoms with Crippen molar-refractivity contribution in [2.45, 2.75) is 35.2 Å². The Morgan fingerprint density at radius 1 is 1.18 bits per heavy atom. The standard InChI is InChI=1S/C18H30N8O5S2/c19-8-12-2-1-6-26(7-5-12)14-3-4-15(33(30,31)24-10-13(27)9-20)17(32(21,28)29)16(14)18-22-11-23-25-18/h3-4,12-13,24,27H,1-2,5-11,19-20H2,(H2,21,28,29)/t12?,13-/m1/s1. The summed E-state index contributed by atoms with van der Waals surface area (Å²) in [4.78, 5) is 4.94. The lowest BCUT2D eigenvalue weighted by atomic mass is 10.0. The first kappa shape index (κ1) is 25.6. The summed E-state index contributed by atoms with van der Waals surface area (Å²) in [7, 11) is -8.94. The van der Waals surface area contributed by atoms with Gasteiger partial charge < -0.3 is 21.5 Å². The third kappa shape index (κ3) is 5.92. The van der Waals surface area contributed by atoms with E-state index in [4.69, 9.17) is 16.6 Å². The van der Waals surface area contributed by atoms with Crippen molar-refractivity contribution in [2.75, 3.05) is 44.3 Å². The smallest absolute Gasteiger partial charge is 0.242 e. The minimum absolute atomic E-state index is 0.00677. The van der Waals surface area contributed by atoms with Crippen molar-refractivity contribution >= 4 is 31.6 Å². The van der Waals surface area contributed by atoms with Crippen molar-refractivity contribution in [3.05, 3.63) is 17.7 Å². The second-order valence-corrected chi connectivity index (χ2v) is 11.2. The molecule has 3 rings (SSSR count). The Morgan fingerprint density at radius 2 is 1.94 bits per heavy atom. The van der Waals surface area contributed by atoms with Crippen molar-refractivity contribution in [1.82, 2.24) is 4.72 Å². The molecule has 1 saturated heterocycles. The minimum atomic E-state index is -4.55. The van der Waals surface area contributed by atoms with Gasteiger partial charge in [0, 0.05) is 31.9 Å². The van der Waals surface area contributed by atoms with Crippen molar-refractivity contribution in [1.29, 1.82) is 0 Å². The number of sulfonamides is 2. The molecule has 0 saturated carbocycles. The maximum atomic E-state index is 13.0. The molecule has 13 nitrogen and oxygen atoms in total. The lowest BCUT2D eigenvalue weighted by Crippen LogP contribution is -2.37. The number of aliphatic hydroxyl groups excluding tert-OH is 1. The van der Waals surface area contributed by atoms with E-state index in [9.17, 15) is 21.9 Å². The summed E-state index contributed by atoms with van der Waals surface area (Å²) in [6.45, 7) is 1.19. The normalized spacial score (nSPS) is 20.5. The van der Waals surface area contributed by atoms with Crippen molar-refractivity contribution in [3.63, 3.8) is 0 Å². The second kappa shape index (κ2) is 10.5. The lowest BCUT2D eigenvalue weighted by Gasteiger charge is -2.27. The predicted octanol–water partition coefficient (Wildman–Crippen LogP) is -1.33. The Labute approximate surface area is 193 Å². The highest BCUT2D eigenvalue weighted by Crippen LogP contribution is 2.35. The van der Waals surface area contributed by atoms with Crippen LogP contribution >= 0.6 is 0 Å². The van der Waals surface area contributed by atoms with Gasteiger partial charge in [-0.05, 0) is 43.9 Å². The van der Waals surface area contributed by atoms with E-state index in [-0.39, 0.29) is 24.6 Å². The number of benzene rings is 1. The molecule has 2 aliphatic rings. The van der Waals surface area contributed by atoms with Gasteiger partial charge in [-0.25, -0.2) is 31.7 Å². The van der Waals surface area contributed by atoms with Gasteiger partial charge in [0.05, 0.1) is 11.7 Å². The van der Waals surface area contributed by atoms with E-state index in [1.807, 2.05) is 4.90 Å². The molecule has 1 aromatic rings. The van der Waals surface area contributed by atoms with Crippen LogP contribution in [0.3, 0.4) is 0 Å². The molecule has 8 N–H and O–H groups in total. The Hall–Kier alpha value is -2.01. The number of anilines is 1. The Bertz CT molecular complexity index is 1140. The highest BCUT2D eigenvalue weighted by Gasteiger charge is 2.34. The van der Waals surface area contributed by atoms with Gasteiger partial charge in [0.1, 0.15) is 9.79 Å². The number of nitrogens with one attached hydrogen (secondary N) is 1. The highest BCUT2D eigenvalue weighted by atomic mass is 32.2. The first-order chi connectivity index (χ1) is 15.6. The number of nitrogens with zero attached hydrogens (tertiary/aromatic N) is 4. The summed E-state index contributed by atoms with van der Waals surface area (Å²) in [5.41, 5.74) is 11.6. The van der Waals surface area contributed by atoms with Crippen molar-refractivity contribution in [2.24, 2.45) is 37.7 Å². The monoisotopic (exact) mass is 502 g/mol. The number of nitrogens with two attached hydrogens (primary N) is 3. The topological polar surface area (TPSA) is 219 Å². The minimum Gasteiger partial charge on any atom is -0.390 e. The summed E-state index contributed by atoms with van der Waals surface area (Å²) in [6, 6.07) is 2.71. The van der Waals surface area contributed by atoms with E-state index in [2.05, 4.69) is 19.9 Å². The summed E-state index contributed by atoms with van der Waals surface area (Å²) in [5, 5.41) is 22.9. The molecule has 2 aliphatic heterocycles. The quantitative estimate of drug-likeness (QED) is 0.271. The molecule has 184 valence electrons. The van der Waals surface area contributed by atoms with Gasteiger partial charge in [-0.15, -0.1) is 5.11 Å². The largest absolute Gasteiger partial charge is 0.390 e. The first-order valence-electron chi connectivity index (χ1n) is 10.5. The van der Waals surface area contributed by atoms with Gasteiger partial charge in [-0.1, -0.05) is 0 Å². The molecule has 2 heterocycles. The SMILES string of the molecule is NCC1CCCN(c2ccc(S(=O)(=O)NC[C@H](O)CN)c(S(N)(=O)=O)c2C2=NCN=N2)CC1. The zero-order valence-corrected chi connectivity index (χ0v) is 19.7. The molecule has 1 fully saturated rings. The van der Waals surface area contributed by atoms with E-state index >= 15 is 0 Å². The Kier molecular flexibility index (Phi) is 8.15. The molecule has 33 heavy (non-hydrogen) atoms. The number of aliphatic hydroxyl groups is 1. The number of hydrogen-bond donors (Lipinski definition) is 5.